The molecule has 0 unspecified atom stereocenters. The molecule has 1 N–H and O–H groups in total. The van der Waals surface area contributed by atoms with E-state index in [0.29, 0.717) is 18.7 Å². The van der Waals surface area contributed by atoms with Gasteiger partial charge in [0.25, 0.3) is 0 Å². The summed E-state index contributed by atoms with van der Waals surface area (Å²) in [5, 5.41) is 4.01. The highest BCUT2D eigenvalue weighted by Gasteiger charge is 2.27. The van der Waals surface area contributed by atoms with Crippen LogP contribution in [0.1, 0.15) is 19.3 Å². The molecule has 2 aliphatic heterocycles. The Balaban J connectivity index is 1.30. The van der Waals surface area contributed by atoms with Crippen molar-refractivity contribution in [3.05, 3.63) is 54.9 Å². The van der Waals surface area contributed by atoms with Crippen LogP contribution in [0, 0.1) is 0 Å². The predicted molar refractivity (Wildman–Crippen MR) is 127 cm³/mol. The van der Waals surface area contributed by atoms with E-state index in [9.17, 15) is 4.39 Å². The fourth-order valence-electron chi connectivity index (χ4n) is 4.66. The minimum absolute atomic E-state index is 0.176. The molecular weight excluding hydrogens is 435 g/mol. The first-order valence-corrected chi connectivity index (χ1v) is 11.9. The summed E-state index contributed by atoms with van der Waals surface area (Å²) < 4.78 is 34.0. The van der Waals surface area contributed by atoms with Crippen LogP contribution < -0.4 is 14.8 Å². The molecule has 2 atom stereocenters. The lowest BCUT2D eigenvalue weighted by molar-refractivity contribution is 0.0256. The zero-order chi connectivity index (χ0) is 22.9. The van der Waals surface area contributed by atoms with Gasteiger partial charge in [0, 0.05) is 37.0 Å². The summed E-state index contributed by atoms with van der Waals surface area (Å²) >= 11 is 0. The maximum Gasteiger partial charge on any atom is 0.149 e. The van der Waals surface area contributed by atoms with E-state index in [1.54, 1.807) is 0 Å². The van der Waals surface area contributed by atoms with Crippen LogP contribution in [-0.2, 0) is 4.74 Å². The number of pyridine rings is 2. The van der Waals surface area contributed by atoms with Gasteiger partial charge in [0.15, 0.2) is 0 Å². The summed E-state index contributed by atoms with van der Waals surface area (Å²) in [6, 6.07) is 13.7. The summed E-state index contributed by atoms with van der Waals surface area (Å²) in [6.07, 6.45) is 4.87. The van der Waals surface area contributed by atoms with Crippen LogP contribution in [0.3, 0.4) is 0 Å². The van der Waals surface area contributed by atoms with Gasteiger partial charge in [-0.25, -0.2) is 14.4 Å². The lowest BCUT2D eigenvalue weighted by atomic mass is 10.1. The third kappa shape index (κ3) is 4.19. The third-order valence-electron chi connectivity index (χ3n) is 6.53. The first-order valence-electron chi connectivity index (χ1n) is 11.9. The van der Waals surface area contributed by atoms with Crippen molar-refractivity contribution < 1.29 is 18.6 Å². The summed E-state index contributed by atoms with van der Waals surface area (Å²) in [7, 11) is 0. The van der Waals surface area contributed by atoms with E-state index >= 15 is 0 Å². The molecule has 2 fully saturated rings. The molecule has 2 saturated heterocycles. The Morgan fingerprint density at radius 1 is 1.06 bits per heavy atom. The van der Waals surface area contributed by atoms with Crippen molar-refractivity contribution in [3.8, 4) is 22.9 Å². The molecular formula is C26H27FN4O3. The van der Waals surface area contributed by atoms with Crippen LogP contribution in [0.25, 0.3) is 27.9 Å². The van der Waals surface area contributed by atoms with Crippen molar-refractivity contribution in [2.75, 3.05) is 26.3 Å². The maximum absolute atomic E-state index is 14.4. The monoisotopic (exact) mass is 462 g/mol. The second-order valence-corrected chi connectivity index (χ2v) is 8.85. The highest BCUT2D eigenvalue weighted by atomic mass is 19.1. The predicted octanol–water partition coefficient (Wildman–Crippen LogP) is 4.19. The lowest BCUT2D eigenvalue weighted by Gasteiger charge is -2.27. The van der Waals surface area contributed by atoms with Crippen molar-refractivity contribution in [1.82, 2.24) is 19.7 Å². The molecule has 0 amide bonds. The van der Waals surface area contributed by atoms with Crippen LogP contribution in [0.4, 0.5) is 4.39 Å². The number of hydrogen-bond donors (Lipinski definition) is 1. The third-order valence-corrected chi connectivity index (χ3v) is 6.53. The normalized spacial score (nSPS) is 21.7. The van der Waals surface area contributed by atoms with Crippen LogP contribution in [0.15, 0.2) is 54.9 Å². The van der Waals surface area contributed by atoms with Crippen molar-refractivity contribution in [2.24, 2.45) is 0 Å². The quantitative estimate of drug-likeness (QED) is 0.480. The number of para-hydroxylation sites is 1. The van der Waals surface area contributed by atoms with Crippen molar-refractivity contribution in [2.45, 2.75) is 37.6 Å². The first kappa shape index (κ1) is 21.3. The van der Waals surface area contributed by atoms with E-state index in [2.05, 4.69) is 10.3 Å². The van der Waals surface area contributed by atoms with Gasteiger partial charge < -0.3 is 19.5 Å². The molecule has 2 aliphatic rings. The number of fused-ring (bicyclic) bond motifs is 2. The molecule has 34 heavy (non-hydrogen) atoms. The minimum atomic E-state index is -1.04. The van der Waals surface area contributed by atoms with E-state index in [4.69, 9.17) is 19.2 Å². The van der Waals surface area contributed by atoms with Crippen molar-refractivity contribution in [3.63, 3.8) is 0 Å². The Labute approximate surface area is 196 Å². The van der Waals surface area contributed by atoms with Crippen LogP contribution in [0.5, 0.6) is 11.5 Å². The molecule has 0 spiro atoms. The van der Waals surface area contributed by atoms with Gasteiger partial charge in [-0.1, -0.05) is 18.2 Å². The fourth-order valence-corrected chi connectivity index (χ4v) is 4.66. The van der Waals surface area contributed by atoms with E-state index < -0.39 is 12.3 Å². The average Bonchev–Trinajstić information content (AvgIpc) is 3.29. The summed E-state index contributed by atoms with van der Waals surface area (Å²) in [6.45, 7) is 2.54. The van der Waals surface area contributed by atoms with Crippen molar-refractivity contribution in [1.29, 1.82) is 0 Å². The molecule has 0 aliphatic carbocycles. The minimum Gasteiger partial charge on any atom is -0.490 e. The van der Waals surface area contributed by atoms with Gasteiger partial charge in [-0.3, -0.25) is 4.40 Å². The van der Waals surface area contributed by atoms with Gasteiger partial charge in [0.2, 0.25) is 0 Å². The second kappa shape index (κ2) is 9.19. The zero-order valence-corrected chi connectivity index (χ0v) is 18.8. The van der Waals surface area contributed by atoms with Gasteiger partial charge in [-0.2, -0.15) is 0 Å². The molecule has 8 heteroatoms. The van der Waals surface area contributed by atoms with Gasteiger partial charge in [0.1, 0.15) is 41.0 Å². The largest absolute Gasteiger partial charge is 0.490 e. The molecule has 176 valence electrons. The van der Waals surface area contributed by atoms with Gasteiger partial charge >= 0.3 is 0 Å². The zero-order valence-electron chi connectivity index (χ0n) is 18.8. The Morgan fingerprint density at radius 2 is 1.97 bits per heavy atom. The Hall–Kier alpha value is -3.23. The molecule has 0 saturated carbocycles. The SMILES string of the molecule is F[C@@H]1CNCC[C@H]1Oc1cccc2ccc(-c3cnc4cc(OC5CCOCC5)ccn34)nc12. The molecule has 5 heterocycles. The van der Waals surface area contributed by atoms with E-state index in [-0.39, 0.29) is 6.10 Å². The van der Waals surface area contributed by atoms with Crippen LogP contribution in [0.2, 0.25) is 0 Å². The number of nitrogens with one attached hydrogen (secondary N) is 1. The number of imidazole rings is 1. The number of aromatic nitrogens is 3. The van der Waals surface area contributed by atoms with Crippen LogP contribution >= 0.6 is 0 Å². The first-order chi connectivity index (χ1) is 16.7. The Bertz CT molecular complexity index is 1300. The number of rotatable bonds is 5. The highest BCUT2D eigenvalue weighted by molar-refractivity contribution is 5.86. The van der Waals surface area contributed by atoms with Gasteiger partial charge in [-0.15, -0.1) is 0 Å². The number of benzene rings is 1. The molecule has 1 aromatic carbocycles. The van der Waals surface area contributed by atoms with E-state index in [0.717, 1.165) is 66.3 Å². The highest BCUT2D eigenvalue weighted by Crippen LogP contribution is 2.30. The number of hydrogen-bond acceptors (Lipinski definition) is 6. The molecule has 3 aromatic heterocycles. The standard InChI is InChI=1S/C26H27FN4O3/c27-20-15-28-10-6-23(20)34-24-3-1-2-17-4-5-21(30-26(17)24)22-16-29-25-14-19(7-11-31(22)25)33-18-8-12-32-13-9-18/h1-5,7,11,14,16,18,20,23,28H,6,8-10,12-13,15H2/t20-,23-/m1/s1. The Morgan fingerprint density at radius 3 is 2.85 bits per heavy atom. The number of halogens is 1. The molecule has 0 bridgehead atoms. The lowest BCUT2D eigenvalue weighted by Crippen LogP contribution is -2.44. The number of piperidine rings is 1. The second-order valence-electron chi connectivity index (χ2n) is 8.85. The molecule has 0 radical (unpaired) electrons. The molecule has 4 aromatic rings. The molecule has 6 rings (SSSR count). The molecule has 7 nitrogen and oxygen atoms in total. The van der Waals surface area contributed by atoms with Gasteiger partial charge in [-0.05, 0) is 31.2 Å². The maximum atomic E-state index is 14.4. The van der Waals surface area contributed by atoms with Gasteiger partial charge in [0.05, 0.1) is 30.8 Å². The number of ether oxygens (including phenoxy) is 3. The van der Waals surface area contributed by atoms with E-state index in [1.165, 1.54) is 0 Å². The number of nitrogens with zero attached hydrogens (tertiary/aromatic N) is 3. The topological polar surface area (TPSA) is 69.9 Å². The summed E-state index contributed by atoms with van der Waals surface area (Å²) in [5.74, 6) is 1.41. The number of alkyl halides is 1. The smallest absolute Gasteiger partial charge is 0.149 e. The van der Waals surface area contributed by atoms with E-state index in [1.807, 2.05) is 59.3 Å². The summed E-state index contributed by atoms with van der Waals surface area (Å²) in [5.41, 5.74) is 3.16. The van der Waals surface area contributed by atoms with Crippen LogP contribution in [-0.4, -0.2) is 59.1 Å². The Kier molecular flexibility index (Phi) is 5.76. The van der Waals surface area contributed by atoms with Crippen molar-refractivity contribution >= 4 is 16.6 Å². The fraction of sp³-hybridized carbons (Fsp3) is 0.385. The summed E-state index contributed by atoms with van der Waals surface area (Å²) in [4.78, 5) is 9.49. The average molecular weight is 463 g/mol.